The number of likely N-dealkylation sites (N-methyl/N-ethyl adjacent to an activating group) is 1. The number of halogens is 1. The quantitative estimate of drug-likeness (QED) is 0.782. The normalized spacial score (nSPS) is 10.3. The first-order valence-electron chi connectivity index (χ1n) is 6.03. The molecule has 0 saturated carbocycles. The standard InChI is InChI=1S/C13H15ClN4O2/c1-15-13(20)8-18-7-10(6-17-18)16-5-9-2-3-12(19)11(14)4-9/h2-4,6-7,16,19H,5,8H2,1H3,(H,15,20). The second-order valence-electron chi connectivity index (χ2n) is 4.24. The van der Waals surface area contributed by atoms with Crippen LogP contribution in [0, 0.1) is 0 Å². The van der Waals surface area contributed by atoms with Gasteiger partial charge in [0.1, 0.15) is 12.3 Å². The molecule has 0 unspecified atom stereocenters. The number of carbonyl (C=O) groups is 1. The van der Waals surface area contributed by atoms with Crippen LogP contribution in [0.3, 0.4) is 0 Å². The van der Waals surface area contributed by atoms with E-state index in [1.165, 1.54) is 0 Å². The number of benzene rings is 1. The molecule has 1 aromatic heterocycles. The minimum Gasteiger partial charge on any atom is -0.506 e. The number of hydrogen-bond donors (Lipinski definition) is 3. The van der Waals surface area contributed by atoms with E-state index in [0.29, 0.717) is 11.6 Å². The molecule has 2 rings (SSSR count). The maximum Gasteiger partial charge on any atom is 0.241 e. The maximum atomic E-state index is 11.2. The summed E-state index contributed by atoms with van der Waals surface area (Å²) in [6.07, 6.45) is 3.39. The number of anilines is 1. The first kappa shape index (κ1) is 14.2. The Morgan fingerprint density at radius 2 is 2.30 bits per heavy atom. The Hall–Kier alpha value is -2.21. The van der Waals surface area contributed by atoms with Gasteiger partial charge in [-0.05, 0) is 17.7 Å². The molecular weight excluding hydrogens is 280 g/mol. The Morgan fingerprint density at radius 1 is 1.50 bits per heavy atom. The molecule has 6 nitrogen and oxygen atoms in total. The van der Waals surface area contributed by atoms with Crippen LogP contribution in [-0.2, 0) is 17.9 Å². The van der Waals surface area contributed by atoms with Gasteiger partial charge in [0, 0.05) is 19.8 Å². The summed E-state index contributed by atoms with van der Waals surface area (Å²) in [6.45, 7) is 0.731. The zero-order chi connectivity index (χ0) is 14.5. The summed E-state index contributed by atoms with van der Waals surface area (Å²) in [5.74, 6) is -0.0428. The lowest BCUT2D eigenvalue weighted by molar-refractivity contribution is -0.121. The molecule has 0 bridgehead atoms. The smallest absolute Gasteiger partial charge is 0.241 e. The van der Waals surface area contributed by atoms with E-state index in [9.17, 15) is 9.90 Å². The van der Waals surface area contributed by atoms with E-state index in [2.05, 4.69) is 15.7 Å². The van der Waals surface area contributed by atoms with E-state index < -0.39 is 0 Å². The Morgan fingerprint density at radius 3 is 3.00 bits per heavy atom. The van der Waals surface area contributed by atoms with Gasteiger partial charge >= 0.3 is 0 Å². The van der Waals surface area contributed by atoms with Gasteiger partial charge in [-0.3, -0.25) is 9.48 Å². The van der Waals surface area contributed by atoms with Crippen LogP contribution in [0.4, 0.5) is 5.69 Å². The van der Waals surface area contributed by atoms with Gasteiger partial charge in [0.05, 0.1) is 16.9 Å². The fourth-order valence-corrected chi connectivity index (χ4v) is 1.84. The molecule has 0 aliphatic carbocycles. The molecule has 1 heterocycles. The van der Waals surface area contributed by atoms with Crippen molar-refractivity contribution in [3.8, 4) is 5.75 Å². The van der Waals surface area contributed by atoms with E-state index in [1.807, 2.05) is 0 Å². The Labute approximate surface area is 121 Å². The fraction of sp³-hybridized carbons (Fsp3) is 0.231. The van der Waals surface area contributed by atoms with Crippen LogP contribution in [0.2, 0.25) is 5.02 Å². The molecule has 1 amide bonds. The third kappa shape index (κ3) is 3.64. The molecule has 0 fully saturated rings. The van der Waals surface area contributed by atoms with Crippen molar-refractivity contribution in [1.29, 1.82) is 0 Å². The van der Waals surface area contributed by atoms with E-state index in [0.717, 1.165) is 11.3 Å². The van der Waals surface area contributed by atoms with Gasteiger partial charge in [-0.25, -0.2) is 0 Å². The highest BCUT2D eigenvalue weighted by molar-refractivity contribution is 6.32. The summed E-state index contributed by atoms with van der Waals surface area (Å²) < 4.78 is 1.55. The van der Waals surface area contributed by atoms with E-state index in [-0.39, 0.29) is 18.2 Å². The number of aromatic nitrogens is 2. The summed E-state index contributed by atoms with van der Waals surface area (Å²) in [5, 5.41) is 19.4. The molecule has 3 N–H and O–H groups in total. The summed E-state index contributed by atoms with van der Waals surface area (Å²) in [6, 6.07) is 5.02. The minimum absolute atomic E-state index is 0.0637. The number of hydrogen-bond acceptors (Lipinski definition) is 4. The van der Waals surface area contributed by atoms with Crippen molar-refractivity contribution >= 4 is 23.2 Å². The summed E-state index contributed by atoms with van der Waals surface area (Å²) in [4.78, 5) is 11.2. The molecular formula is C13H15ClN4O2. The predicted molar refractivity (Wildman–Crippen MR) is 76.7 cm³/mol. The van der Waals surface area contributed by atoms with Crippen LogP contribution in [-0.4, -0.2) is 27.8 Å². The minimum atomic E-state index is -0.107. The van der Waals surface area contributed by atoms with Gasteiger partial charge in [-0.15, -0.1) is 0 Å². The Bertz CT molecular complexity index is 612. The number of phenols is 1. The number of phenolic OH excluding ortho intramolecular Hbond substituents is 1. The zero-order valence-electron chi connectivity index (χ0n) is 10.9. The number of aromatic hydroxyl groups is 1. The van der Waals surface area contributed by atoms with Crippen molar-refractivity contribution in [1.82, 2.24) is 15.1 Å². The van der Waals surface area contributed by atoms with Crippen LogP contribution in [0.25, 0.3) is 0 Å². The summed E-state index contributed by atoms with van der Waals surface area (Å²) in [7, 11) is 1.58. The van der Waals surface area contributed by atoms with Gasteiger partial charge in [-0.1, -0.05) is 17.7 Å². The maximum absolute atomic E-state index is 11.2. The third-order valence-corrected chi connectivity index (χ3v) is 3.03. The van der Waals surface area contributed by atoms with Crippen molar-refractivity contribution in [2.24, 2.45) is 0 Å². The highest BCUT2D eigenvalue weighted by Crippen LogP contribution is 2.23. The van der Waals surface area contributed by atoms with Crippen molar-refractivity contribution in [3.05, 3.63) is 41.2 Å². The van der Waals surface area contributed by atoms with Crippen LogP contribution < -0.4 is 10.6 Å². The van der Waals surface area contributed by atoms with Gasteiger partial charge in [0.2, 0.25) is 5.91 Å². The Balaban J connectivity index is 1.93. The Kier molecular flexibility index (Phi) is 4.47. The van der Waals surface area contributed by atoms with Crippen LogP contribution in [0.5, 0.6) is 5.75 Å². The molecule has 1 aromatic carbocycles. The SMILES string of the molecule is CNC(=O)Cn1cc(NCc2ccc(O)c(Cl)c2)cn1. The molecule has 20 heavy (non-hydrogen) atoms. The summed E-state index contributed by atoms with van der Waals surface area (Å²) >= 11 is 5.83. The monoisotopic (exact) mass is 294 g/mol. The third-order valence-electron chi connectivity index (χ3n) is 2.73. The summed E-state index contributed by atoms with van der Waals surface area (Å²) in [5.41, 5.74) is 1.74. The number of amides is 1. The lowest BCUT2D eigenvalue weighted by Gasteiger charge is -2.05. The average molecular weight is 295 g/mol. The van der Waals surface area contributed by atoms with E-state index in [4.69, 9.17) is 11.6 Å². The van der Waals surface area contributed by atoms with E-state index >= 15 is 0 Å². The molecule has 106 valence electrons. The predicted octanol–water partition coefficient (Wildman–Crippen LogP) is 1.60. The molecule has 0 radical (unpaired) electrons. The lowest BCUT2D eigenvalue weighted by Crippen LogP contribution is -2.23. The van der Waals surface area contributed by atoms with Gasteiger partial charge in [0.15, 0.2) is 0 Å². The average Bonchev–Trinajstić information content (AvgIpc) is 2.87. The molecule has 0 saturated heterocycles. The second kappa shape index (κ2) is 6.29. The fourth-order valence-electron chi connectivity index (χ4n) is 1.63. The topological polar surface area (TPSA) is 79.2 Å². The van der Waals surface area contributed by atoms with Crippen molar-refractivity contribution in [2.45, 2.75) is 13.1 Å². The molecule has 0 aliphatic rings. The first-order chi connectivity index (χ1) is 9.58. The van der Waals surface area contributed by atoms with Gasteiger partial charge < -0.3 is 15.7 Å². The van der Waals surface area contributed by atoms with Crippen molar-refractivity contribution in [2.75, 3.05) is 12.4 Å². The van der Waals surface area contributed by atoms with Gasteiger partial charge in [-0.2, -0.15) is 5.10 Å². The molecule has 0 aliphatic heterocycles. The number of rotatable bonds is 5. The lowest BCUT2D eigenvalue weighted by atomic mass is 10.2. The van der Waals surface area contributed by atoms with Crippen molar-refractivity contribution in [3.63, 3.8) is 0 Å². The number of carbonyl (C=O) groups excluding carboxylic acids is 1. The molecule has 2 aromatic rings. The second-order valence-corrected chi connectivity index (χ2v) is 4.65. The van der Waals surface area contributed by atoms with Crippen LogP contribution in [0.1, 0.15) is 5.56 Å². The largest absolute Gasteiger partial charge is 0.506 e. The van der Waals surface area contributed by atoms with Crippen LogP contribution in [0.15, 0.2) is 30.6 Å². The highest BCUT2D eigenvalue weighted by Gasteiger charge is 2.04. The number of nitrogens with zero attached hydrogens (tertiary/aromatic N) is 2. The number of nitrogens with one attached hydrogen (secondary N) is 2. The van der Waals surface area contributed by atoms with Crippen molar-refractivity contribution < 1.29 is 9.90 Å². The van der Waals surface area contributed by atoms with Crippen LogP contribution >= 0.6 is 11.6 Å². The molecule has 0 spiro atoms. The highest BCUT2D eigenvalue weighted by atomic mass is 35.5. The van der Waals surface area contributed by atoms with E-state index in [1.54, 1.807) is 42.3 Å². The zero-order valence-corrected chi connectivity index (χ0v) is 11.7. The first-order valence-corrected chi connectivity index (χ1v) is 6.40. The molecule has 7 heteroatoms. The van der Waals surface area contributed by atoms with Gasteiger partial charge in [0.25, 0.3) is 0 Å². The molecule has 0 atom stereocenters.